The fourth-order valence-electron chi connectivity index (χ4n) is 3.48. The summed E-state index contributed by atoms with van der Waals surface area (Å²) >= 11 is 0. The molecule has 0 saturated carbocycles. The quantitative estimate of drug-likeness (QED) is 0.710. The van der Waals surface area contributed by atoms with Crippen molar-refractivity contribution >= 4 is 5.91 Å². The summed E-state index contributed by atoms with van der Waals surface area (Å²) in [5.74, 6) is 1.45. The van der Waals surface area contributed by atoms with Crippen LogP contribution in [0.3, 0.4) is 0 Å². The summed E-state index contributed by atoms with van der Waals surface area (Å²) < 4.78 is 7.37. The molecule has 7 nitrogen and oxygen atoms in total. The van der Waals surface area contributed by atoms with Gasteiger partial charge in [-0.3, -0.25) is 9.48 Å². The third kappa shape index (κ3) is 3.37. The van der Waals surface area contributed by atoms with E-state index in [-0.39, 0.29) is 5.91 Å². The van der Waals surface area contributed by atoms with Crippen LogP contribution in [0.25, 0.3) is 23.0 Å². The summed E-state index contributed by atoms with van der Waals surface area (Å²) in [6.45, 7) is 5.38. The zero-order chi connectivity index (χ0) is 19.0. The van der Waals surface area contributed by atoms with E-state index in [1.807, 2.05) is 47.0 Å². The molecule has 27 heavy (non-hydrogen) atoms. The smallest absolute Gasteiger partial charge is 0.279 e. The molecule has 0 saturated heterocycles. The van der Waals surface area contributed by atoms with Crippen molar-refractivity contribution in [2.45, 2.75) is 33.2 Å². The number of hydrogen-bond acceptors (Lipinski definition) is 5. The minimum Gasteiger partial charge on any atom is -0.338 e. The van der Waals surface area contributed by atoms with E-state index < -0.39 is 0 Å². The number of nitrogens with zero attached hydrogens (tertiary/aromatic N) is 5. The molecule has 0 fully saturated rings. The SMILES string of the molecule is CC(C)CC(=O)N1CCc2c(c(-c3nc(-c4ccccc4)no3)nn2C)C1. The third-order valence-electron chi connectivity index (χ3n) is 4.84. The Hall–Kier alpha value is -2.96. The molecule has 1 aliphatic heterocycles. The predicted molar refractivity (Wildman–Crippen MR) is 101 cm³/mol. The number of aromatic nitrogens is 4. The van der Waals surface area contributed by atoms with Crippen molar-refractivity contribution in [1.29, 1.82) is 0 Å². The van der Waals surface area contributed by atoms with Crippen LogP contribution in [0, 0.1) is 5.92 Å². The maximum Gasteiger partial charge on any atom is 0.279 e. The lowest BCUT2D eigenvalue weighted by Gasteiger charge is -2.28. The molecular formula is C20H23N5O2. The molecule has 0 atom stereocenters. The monoisotopic (exact) mass is 365 g/mol. The Morgan fingerprint density at radius 1 is 1.26 bits per heavy atom. The molecule has 2 aromatic heterocycles. The standard InChI is InChI=1S/C20H23N5O2/c1-13(2)11-17(26)25-10-9-16-15(12-25)18(22-24(16)3)20-21-19(23-27-20)14-7-5-4-6-8-14/h4-8,13H,9-12H2,1-3H3. The average Bonchev–Trinajstić information content (AvgIpc) is 3.27. The van der Waals surface area contributed by atoms with E-state index in [9.17, 15) is 4.79 Å². The van der Waals surface area contributed by atoms with Gasteiger partial charge in [0, 0.05) is 49.8 Å². The normalized spacial score (nSPS) is 13.9. The van der Waals surface area contributed by atoms with E-state index in [2.05, 4.69) is 29.1 Å². The first kappa shape index (κ1) is 17.5. The highest BCUT2D eigenvalue weighted by molar-refractivity contribution is 5.77. The minimum atomic E-state index is 0.181. The Kier molecular flexibility index (Phi) is 4.51. The summed E-state index contributed by atoms with van der Waals surface area (Å²) in [4.78, 5) is 18.9. The number of amides is 1. The van der Waals surface area contributed by atoms with Crippen molar-refractivity contribution in [1.82, 2.24) is 24.8 Å². The number of hydrogen-bond donors (Lipinski definition) is 0. The van der Waals surface area contributed by atoms with Gasteiger partial charge in [-0.2, -0.15) is 10.1 Å². The third-order valence-corrected chi connectivity index (χ3v) is 4.84. The maximum atomic E-state index is 12.5. The van der Waals surface area contributed by atoms with Crippen molar-refractivity contribution in [2.24, 2.45) is 13.0 Å². The molecule has 3 heterocycles. The van der Waals surface area contributed by atoms with Gasteiger partial charge in [0.25, 0.3) is 5.89 Å². The van der Waals surface area contributed by atoms with Crippen LogP contribution in [0.2, 0.25) is 0 Å². The number of fused-ring (bicyclic) bond motifs is 1. The van der Waals surface area contributed by atoms with Crippen LogP contribution < -0.4 is 0 Å². The van der Waals surface area contributed by atoms with E-state index in [4.69, 9.17) is 4.52 Å². The summed E-state index contributed by atoms with van der Waals surface area (Å²) in [6, 6.07) is 9.70. The first-order chi connectivity index (χ1) is 13.0. The van der Waals surface area contributed by atoms with Crippen LogP contribution >= 0.6 is 0 Å². The van der Waals surface area contributed by atoms with E-state index >= 15 is 0 Å². The van der Waals surface area contributed by atoms with Crippen molar-refractivity contribution < 1.29 is 9.32 Å². The van der Waals surface area contributed by atoms with Crippen LogP contribution in [-0.4, -0.2) is 37.3 Å². The predicted octanol–water partition coefficient (Wildman–Crippen LogP) is 3.07. The minimum absolute atomic E-state index is 0.181. The van der Waals surface area contributed by atoms with Crippen molar-refractivity contribution in [3.8, 4) is 23.0 Å². The Bertz CT molecular complexity index is 958. The lowest BCUT2D eigenvalue weighted by molar-refractivity contribution is -0.132. The molecular weight excluding hydrogens is 342 g/mol. The van der Waals surface area contributed by atoms with Gasteiger partial charge in [-0.05, 0) is 5.92 Å². The Morgan fingerprint density at radius 3 is 2.78 bits per heavy atom. The van der Waals surface area contributed by atoms with Crippen LogP contribution in [0.1, 0.15) is 31.5 Å². The van der Waals surface area contributed by atoms with E-state index in [1.165, 1.54) is 0 Å². The zero-order valence-electron chi connectivity index (χ0n) is 15.8. The molecule has 4 rings (SSSR count). The molecule has 1 amide bonds. The zero-order valence-corrected chi connectivity index (χ0v) is 15.8. The average molecular weight is 365 g/mol. The number of carbonyl (C=O) groups is 1. The van der Waals surface area contributed by atoms with Gasteiger partial charge in [-0.25, -0.2) is 0 Å². The van der Waals surface area contributed by atoms with Crippen LogP contribution in [0.4, 0.5) is 0 Å². The molecule has 0 unspecified atom stereocenters. The second-order valence-corrected chi connectivity index (χ2v) is 7.35. The van der Waals surface area contributed by atoms with E-state index in [0.717, 1.165) is 29.8 Å². The Balaban J connectivity index is 1.65. The van der Waals surface area contributed by atoms with Crippen molar-refractivity contribution in [3.05, 3.63) is 41.6 Å². The van der Waals surface area contributed by atoms with Crippen molar-refractivity contribution in [3.63, 3.8) is 0 Å². The molecule has 0 bridgehead atoms. The topological polar surface area (TPSA) is 77.1 Å². The number of aryl methyl sites for hydroxylation is 1. The van der Waals surface area contributed by atoms with E-state index in [0.29, 0.717) is 36.3 Å². The largest absolute Gasteiger partial charge is 0.338 e. The molecule has 7 heteroatoms. The lowest BCUT2D eigenvalue weighted by Crippen LogP contribution is -2.36. The summed E-state index contributed by atoms with van der Waals surface area (Å²) in [6.07, 6.45) is 1.34. The maximum absolute atomic E-state index is 12.5. The molecule has 1 aromatic carbocycles. The fraction of sp³-hybridized carbons (Fsp3) is 0.400. The summed E-state index contributed by atoms with van der Waals surface area (Å²) in [5, 5.41) is 8.71. The van der Waals surface area contributed by atoms with Gasteiger partial charge in [0.1, 0.15) is 0 Å². The lowest BCUT2D eigenvalue weighted by atomic mass is 10.0. The van der Waals surface area contributed by atoms with Gasteiger partial charge >= 0.3 is 0 Å². The molecule has 0 N–H and O–H groups in total. The van der Waals surface area contributed by atoms with Crippen LogP contribution in [-0.2, 0) is 24.8 Å². The summed E-state index contributed by atoms with van der Waals surface area (Å²) in [7, 11) is 1.92. The molecule has 1 aliphatic rings. The fourth-order valence-corrected chi connectivity index (χ4v) is 3.48. The molecule has 140 valence electrons. The highest BCUT2D eigenvalue weighted by atomic mass is 16.5. The Labute approximate surface area is 158 Å². The number of benzene rings is 1. The van der Waals surface area contributed by atoms with Crippen LogP contribution in [0.15, 0.2) is 34.9 Å². The van der Waals surface area contributed by atoms with Gasteiger partial charge in [0.05, 0.1) is 0 Å². The number of rotatable bonds is 4. The highest BCUT2D eigenvalue weighted by Gasteiger charge is 2.29. The van der Waals surface area contributed by atoms with Crippen LogP contribution in [0.5, 0.6) is 0 Å². The first-order valence-corrected chi connectivity index (χ1v) is 9.25. The molecule has 0 radical (unpaired) electrons. The molecule has 0 spiro atoms. The first-order valence-electron chi connectivity index (χ1n) is 9.25. The second kappa shape index (κ2) is 6.98. The van der Waals surface area contributed by atoms with Gasteiger partial charge in [0.15, 0.2) is 5.69 Å². The second-order valence-electron chi connectivity index (χ2n) is 7.35. The van der Waals surface area contributed by atoms with Gasteiger partial charge in [-0.15, -0.1) is 0 Å². The number of carbonyl (C=O) groups excluding carboxylic acids is 1. The van der Waals surface area contributed by atoms with Crippen molar-refractivity contribution in [2.75, 3.05) is 6.54 Å². The molecule has 3 aromatic rings. The van der Waals surface area contributed by atoms with Gasteiger partial charge in [-0.1, -0.05) is 49.3 Å². The summed E-state index contributed by atoms with van der Waals surface area (Å²) in [5.41, 5.74) is 3.69. The Morgan fingerprint density at radius 2 is 2.04 bits per heavy atom. The van der Waals surface area contributed by atoms with E-state index in [1.54, 1.807) is 0 Å². The molecule has 0 aliphatic carbocycles. The van der Waals surface area contributed by atoms with Gasteiger partial charge < -0.3 is 9.42 Å². The highest BCUT2D eigenvalue weighted by Crippen LogP contribution is 2.30. The van der Waals surface area contributed by atoms with Gasteiger partial charge in [0.2, 0.25) is 11.7 Å².